The zero-order chi connectivity index (χ0) is 17.4. The van der Waals surface area contributed by atoms with Crippen molar-refractivity contribution in [2.24, 2.45) is 5.41 Å². The van der Waals surface area contributed by atoms with Crippen LogP contribution in [0.2, 0.25) is 0 Å². The summed E-state index contributed by atoms with van der Waals surface area (Å²) in [7, 11) is 2.14. The summed E-state index contributed by atoms with van der Waals surface area (Å²) in [4.78, 5) is 35.9. The van der Waals surface area contributed by atoms with Gasteiger partial charge in [0.25, 0.3) is 0 Å². The Kier molecular flexibility index (Phi) is 4.54. The lowest BCUT2D eigenvalue weighted by Crippen LogP contribution is -2.43. The van der Waals surface area contributed by atoms with Crippen molar-refractivity contribution in [2.45, 2.75) is 38.1 Å². The number of hydrogen-bond donors (Lipinski definition) is 0. The number of aromatic nitrogens is 1. The molecule has 1 aromatic heterocycles. The first kappa shape index (κ1) is 17.0. The number of amides is 2. The molecule has 25 heavy (non-hydrogen) atoms. The van der Waals surface area contributed by atoms with E-state index in [9.17, 15) is 9.59 Å². The lowest BCUT2D eigenvalue weighted by atomic mass is 9.78. The summed E-state index contributed by atoms with van der Waals surface area (Å²) in [5.41, 5.74) is 0.101. The number of likely N-dealkylation sites (tertiary alicyclic amines) is 3. The Labute approximate surface area is 152 Å². The van der Waals surface area contributed by atoms with E-state index in [2.05, 4.69) is 16.9 Å². The van der Waals surface area contributed by atoms with Crippen molar-refractivity contribution in [2.75, 3.05) is 39.8 Å². The van der Waals surface area contributed by atoms with E-state index >= 15 is 0 Å². The molecular formula is C18H26N4O2S. The summed E-state index contributed by atoms with van der Waals surface area (Å²) < 4.78 is 0. The summed E-state index contributed by atoms with van der Waals surface area (Å²) in [5.74, 6) is 0.235. The Morgan fingerprint density at radius 3 is 2.88 bits per heavy atom. The van der Waals surface area contributed by atoms with E-state index in [1.165, 1.54) is 0 Å². The van der Waals surface area contributed by atoms with Crippen LogP contribution in [-0.4, -0.2) is 71.3 Å². The van der Waals surface area contributed by atoms with Crippen LogP contribution in [0.15, 0.2) is 11.6 Å². The first-order valence-electron chi connectivity index (χ1n) is 9.22. The van der Waals surface area contributed by atoms with Crippen LogP contribution < -0.4 is 0 Å². The molecule has 1 aromatic rings. The molecule has 1 atom stereocenters. The van der Waals surface area contributed by atoms with Crippen LogP contribution in [0.5, 0.6) is 0 Å². The van der Waals surface area contributed by atoms with Gasteiger partial charge in [0, 0.05) is 31.1 Å². The fourth-order valence-electron chi connectivity index (χ4n) is 4.53. The summed E-state index contributed by atoms with van der Waals surface area (Å²) in [5, 5.41) is 2.98. The van der Waals surface area contributed by atoms with Gasteiger partial charge < -0.3 is 14.7 Å². The molecule has 2 amide bonds. The van der Waals surface area contributed by atoms with Gasteiger partial charge in [-0.2, -0.15) is 0 Å². The molecule has 3 saturated heterocycles. The minimum atomic E-state index is 0.0797. The largest absolute Gasteiger partial charge is 0.333 e. The van der Waals surface area contributed by atoms with Gasteiger partial charge in [0.05, 0.1) is 12.6 Å². The predicted octanol–water partition coefficient (Wildman–Crippen LogP) is 1.75. The molecule has 4 heterocycles. The van der Waals surface area contributed by atoms with Crippen LogP contribution in [0.1, 0.15) is 43.2 Å². The van der Waals surface area contributed by atoms with E-state index in [1.807, 2.05) is 15.2 Å². The second-order valence-electron chi connectivity index (χ2n) is 7.85. The molecule has 0 aliphatic carbocycles. The van der Waals surface area contributed by atoms with Gasteiger partial charge in [0.2, 0.25) is 11.8 Å². The molecule has 0 saturated carbocycles. The maximum absolute atomic E-state index is 12.9. The highest BCUT2D eigenvalue weighted by molar-refractivity contribution is 7.09. The van der Waals surface area contributed by atoms with Crippen molar-refractivity contribution >= 4 is 23.2 Å². The number of nitrogens with zero attached hydrogens (tertiary/aromatic N) is 4. The minimum absolute atomic E-state index is 0.0797. The highest BCUT2D eigenvalue weighted by Crippen LogP contribution is 2.41. The first-order chi connectivity index (χ1) is 12.1. The highest BCUT2D eigenvalue weighted by atomic mass is 32.1. The number of rotatable bonds is 3. The van der Waals surface area contributed by atoms with Gasteiger partial charge in [-0.25, -0.2) is 4.98 Å². The summed E-state index contributed by atoms with van der Waals surface area (Å²) in [6.07, 6.45) is 6.53. The van der Waals surface area contributed by atoms with E-state index in [4.69, 9.17) is 0 Å². The van der Waals surface area contributed by atoms with Gasteiger partial charge in [-0.15, -0.1) is 11.3 Å². The molecule has 7 heteroatoms. The number of piperidine rings is 1. The number of carbonyl (C=O) groups is 2. The summed E-state index contributed by atoms with van der Waals surface area (Å²) in [6.45, 7) is 3.86. The fourth-order valence-corrected chi connectivity index (χ4v) is 5.31. The molecule has 3 aliphatic heterocycles. The van der Waals surface area contributed by atoms with Gasteiger partial charge in [0.1, 0.15) is 5.01 Å². The average molecular weight is 362 g/mol. The molecule has 0 bridgehead atoms. The Hall–Kier alpha value is -1.47. The van der Waals surface area contributed by atoms with Gasteiger partial charge in [-0.1, -0.05) is 0 Å². The molecule has 0 unspecified atom stereocenters. The van der Waals surface area contributed by atoms with Crippen molar-refractivity contribution in [1.29, 1.82) is 0 Å². The molecular weight excluding hydrogens is 336 g/mol. The van der Waals surface area contributed by atoms with Crippen molar-refractivity contribution in [1.82, 2.24) is 19.7 Å². The Bertz CT molecular complexity index is 640. The predicted molar refractivity (Wildman–Crippen MR) is 96.2 cm³/mol. The molecule has 6 nitrogen and oxygen atoms in total. The summed E-state index contributed by atoms with van der Waals surface area (Å²) >= 11 is 1.61. The van der Waals surface area contributed by atoms with E-state index in [1.54, 1.807) is 17.5 Å². The molecule has 4 rings (SSSR count). The van der Waals surface area contributed by atoms with Gasteiger partial charge in [0.15, 0.2) is 0 Å². The third-order valence-corrected chi connectivity index (χ3v) is 6.97. The number of hydrogen-bond acceptors (Lipinski definition) is 5. The third-order valence-electron chi connectivity index (χ3n) is 6.09. The third kappa shape index (κ3) is 3.31. The Morgan fingerprint density at radius 2 is 2.16 bits per heavy atom. The van der Waals surface area contributed by atoms with Crippen molar-refractivity contribution < 1.29 is 9.59 Å². The second kappa shape index (κ2) is 6.68. The number of carbonyl (C=O) groups excluding carboxylic acids is 2. The van der Waals surface area contributed by atoms with E-state index in [0.717, 1.165) is 56.9 Å². The van der Waals surface area contributed by atoms with E-state index in [-0.39, 0.29) is 29.8 Å². The smallest absolute Gasteiger partial charge is 0.242 e. The van der Waals surface area contributed by atoms with Crippen LogP contribution >= 0.6 is 11.3 Å². The zero-order valence-electron chi connectivity index (χ0n) is 14.8. The van der Waals surface area contributed by atoms with Gasteiger partial charge in [-0.05, 0) is 51.2 Å². The van der Waals surface area contributed by atoms with Crippen LogP contribution in [0.4, 0.5) is 0 Å². The molecule has 0 aromatic carbocycles. The fraction of sp³-hybridized carbons (Fsp3) is 0.722. The highest BCUT2D eigenvalue weighted by Gasteiger charge is 2.45. The SMILES string of the molecule is CN1CCC2(CC1)CC(=O)N(CC(=O)N1CCC[C@@H]1c1nccs1)C2. The molecule has 3 aliphatic rings. The van der Waals surface area contributed by atoms with Crippen molar-refractivity contribution in [3.05, 3.63) is 16.6 Å². The summed E-state index contributed by atoms with van der Waals surface area (Å²) in [6, 6.07) is 0.0995. The van der Waals surface area contributed by atoms with E-state index in [0.29, 0.717) is 6.42 Å². The lowest BCUT2D eigenvalue weighted by molar-refractivity contribution is -0.139. The maximum atomic E-state index is 12.9. The Balaban J connectivity index is 1.40. The van der Waals surface area contributed by atoms with Crippen LogP contribution in [0.3, 0.4) is 0 Å². The maximum Gasteiger partial charge on any atom is 0.242 e. The second-order valence-corrected chi connectivity index (χ2v) is 8.77. The molecule has 0 radical (unpaired) electrons. The van der Waals surface area contributed by atoms with Gasteiger partial charge >= 0.3 is 0 Å². The standard InChI is InChI=1S/C18H26N4O2S/c1-20-8-4-18(5-9-20)11-15(23)21(13-18)12-16(24)22-7-2-3-14(22)17-19-6-10-25-17/h6,10,14H,2-5,7-9,11-13H2,1H3/t14-/m1/s1. The van der Waals surface area contributed by atoms with Gasteiger partial charge in [-0.3, -0.25) is 9.59 Å². The zero-order valence-corrected chi connectivity index (χ0v) is 15.6. The molecule has 136 valence electrons. The lowest BCUT2D eigenvalue weighted by Gasteiger charge is -2.37. The van der Waals surface area contributed by atoms with Crippen molar-refractivity contribution in [3.8, 4) is 0 Å². The Morgan fingerprint density at radius 1 is 1.36 bits per heavy atom. The normalized spacial score (nSPS) is 26.8. The van der Waals surface area contributed by atoms with Crippen LogP contribution in [-0.2, 0) is 9.59 Å². The van der Waals surface area contributed by atoms with Crippen LogP contribution in [0.25, 0.3) is 0 Å². The molecule has 0 N–H and O–H groups in total. The topological polar surface area (TPSA) is 56.8 Å². The monoisotopic (exact) mass is 362 g/mol. The number of thiazole rings is 1. The first-order valence-corrected chi connectivity index (χ1v) is 10.1. The quantitative estimate of drug-likeness (QED) is 0.822. The van der Waals surface area contributed by atoms with Crippen molar-refractivity contribution in [3.63, 3.8) is 0 Å². The molecule has 1 spiro atoms. The minimum Gasteiger partial charge on any atom is -0.333 e. The average Bonchev–Trinajstić information content (AvgIpc) is 3.31. The molecule has 3 fully saturated rings. The van der Waals surface area contributed by atoms with E-state index < -0.39 is 0 Å². The van der Waals surface area contributed by atoms with Crippen LogP contribution in [0, 0.1) is 5.41 Å².